The number of hydrogen-bond donors (Lipinski definition) is 1. The highest BCUT2D eigenvalue weighted by Crippen LogP contribution is 2.43. The number of nitrogens with zero attached hydrogens (tertiary/aromatic N) is 3. The van der Waals surface area contributed by atoms with Crippen LogP contribution < -0.4 is 10.2 Å². The molecule has 1 aliphatic carbocycles. The van der Waals surface area contributed by atoms with Gasteiger partial charge in [-0.1, -0.05) is 12.1 Å². The van der Waals surface area contributed by atoms with Crippen molar-refractivity contribution in [3.05, 3.63) is 40.1 Å². The van der Waals surface area contributed by atoms with E-state index in [1.54, 1.807) is 16.8 Å². The number of anilines is 1. The van der Waals surface area contributed by atoms with Gasteiger partial charge in [0, 0.05) is 30.1 Å². The van der Waals surface area contributed by atoms with Gasteiger partial charge in [-0.3, -0.25) is 14.5 Å². The maximum atomic E-state index is 13.3. The molecule has 194 valence electrons. The van der Waals surface area contributed by atoms with Crippen molar-refractivity contribution in [3.8, 4) is 17.2 Å². The van der Waals surface area contributed by atoms with Crippen LogP contribution in [-0.2, 0) is 27.2 Å². The summed E-state index contributed by atoms with van der Waals surface area (Å²) < 4.78 is 5.59. The molecule has 3 amide bonds. The maximum Gasteiger partial charge on any atom is 0.411 e. The van der Waals surface area contributed by atoms with E-state index in [2.05, 4.69) is 11.4 Å². The normalized spacial score (nSPS) is 23.1. The van der Waals surface area contributed by atoms with Gasteiger partial charge in [0.05, 0.1) is 12.5 Å². The van der Waals surface area contributed by atoms with Crippen molar-refractivity contribution < 1.29 is 19.1 Å². The number of nitriles is 1. The Bertz CT molecular complexity index is 1290. The fourth-order valence-corrected chi connectivity index (χ4v) is 6.69. The Hall–Kier alpha value is -3.38. The third-order valence-electron chi connectivity index (χ3n) is 7.49. The van der Waals surface area contributed by atoms with Gasteiger partial charge in [0.15, 0.2) is 0 Å². The smallest absolute Gasteiger partial charge is 0.411 e. The number of thiophene rings is 1. The lowest BCUT2D eigenvalue weighted by Crippen LogP contribution is -2.55. The molecule has 1 unspecified atom stereocenters. The number of piperidine rings is 1. The molecule has 1 aromatic carbocycles. The first kappa shape index (κ1) is 25.3. The standard InChI is InChI=1S/C28H32N4O4S/c1-28(2,3)36-27(35)32-21-8-7-18(9-21)25(32)26(34)30-20(14-29)13-22-10-19(15-37-22)16-5-6-17-12-24(33)31(4)23(17)11-16/h5-6,10-11,15,18,20-21,25H,7-9,12-13H2,1-4H3,(H,30,34)/t18-,20?,21+,25-/m0/s1. The van der Waals surface area contributed by atoms with E-state index in [0.717, 1.165) is 46.5 Å². The van der Waals surface area contributed by atoms with Gasteiger partial charge in [0.1, 0.15) is 17.7 Å². The lowest BCUT2D eigenvalue weighted by molar-refractivity contribution is -0.128. The fraction of sp³-hybridized carbons (Fsp3) is 0.500. The van der Waals surface area contributed by atoms with Crippen LogP contribution in [0.3, 0.4) is 0 Å². The van der Waals surface area contributed by atoms with Crippen molar-refractivity contribution in [1.82, 2.24) is 10.2 Å². The van der Waals surface area contributed by atoms with E-state index < -0.39 is 23.8 Å². The Morgan fingerprint density at radius 2 is 2.03 bits per heavy atom. The van der Waals surface area contributed by atoms with Gasteiger partial charge in [-0.15, -0.1) is 11.3 Å². The molecule has 3 aliphatic rings. The molecule has 2 aliphatic heterocycles. The van der Waals surface area contributed by atoms with Crippen molar-refractivity contribution in [1.29, 1.82) is 5.26 Å². The summed E-state index contributed by atoms with van der Waals surface area (Å²) >= 11 is 1.54. The highest BCUT2D eigenvalue weighted by Gasteiger charge is 2.52. The molecule has 8 nitrogen and oxygen atoms in total. The molecule has 0 radical (unpaired) electrons. The Morgan fingerprint density at radius 1 is 1.24 bits per heavy atom. The van der Waals surface area contributed by atoms with Gasteiger partial charge in [-0.05, 0) is 80.2 Å². The van der Waals surface area contributed by atoms with E-state index in [9.17, 15) is 19.6 Å². The average molecular weight is 521 g/mol. The van der Waals surface area contributed by atoms with Gasteiger partial charge >= 0.3 is 6.09 Å². The van der Waals surface area contributed by atoms with E-state index in [1.165, 1.54) is 11.3 Å². The lowest BCUT2D eigenvalue weighted by atomic mass is 9.97. The van der Waals surface area contributed by atoms with Crippen molar-refractivity contribution >= 4 is 34.9 Å². The SMILES string of the molecule is CN1C(=O)Cc2ccc(-c3csc(CC(C#N)NC(=O)[C@@H]4[C@H]5CC[C@H](C5)N4C(=O)OC(C)(C)C)c3)cc21. The summed E-state index contributed by atoms with van der Waals surface area (Å²) in [5.41, 5.74) is 3.34. The van der Waals surface area contributed by atoms with Crippen LogP contribution in [0.1, 0.15) is 50.5 Å². The molecule has 1 N–H and O–H groups in total. The molecular weight excluding hydrogens is 488 g/mol. The molecule has 1 saturated carbocycles. The highest BCUT2D eigenvalue weighted by atomic mass is 32.1. The number of ether oxygens (including phenoxy) is 1. The second-order valence-electron chi connectivity index (χ2n) is 11.2. The Morgan fingerprint density at radius 3 is 2.76 bits per heavy atom. The number of amides is 3. The summed E-state index contributed by atoms with van der Waals surface area (Å²) in [5, 5.41) is 14.7. The van der Waals surface area contributed by atoms with Crippen LogP contribution in [0.5, 0.6) is 0 Å². The minimum Gasteiger partial charge on any atom is -0.444 e. The molecule has 9 heteroatoms. The monoisotopic (exact) mass is 520 g/mol. The van der Waals surface area contributed by atoms with Crippen LogP contribution in [0.15, 0.2) is 29.6 Å². The van der Waals surface area contributed by atoms with E-state index in [0.29, 0.717) is 12.8 Å². The molecule has 37 heavy (non-hydrogen) atoms. The number of nitrogens with one attached hydrogen (secondary N) is 1. The predicted molar refractivity (Wildman–Crippen MR) is 141 cm³/mol. The molecule has 5 rings (SSSR count). The largest absolute Gasteiger partial charge is 0.444 e. The average Bonchev–Trinajstić information content (AvgIpc) is 3.62. The minimum absolute atomic E-state index is 0.0117. The molecule has 0 spiro atoms. The predicted octanol–water partition coefficient (Wildman–Crippen LogP) is 4.27. The van der Waals surface area contributed by atoms with E-state index >= 15 is 0 Å². The second kappa shape index (κ2) is 9.49. The van der Waals surface area contributed by atoms with Gasteiger partial charge in [-0.25, -0.2) is 4.79 Å². The molecule has 3 heterocycles. The van der Waals surface area contributed by atoms with Gasteiger partial charge < -0.3 is 15.0 Å². The molecule has 2 aromatic rings. The van der Waals surface area contributed by atoms with Crippen molar-refractivity contribution in [2.45, 2.75) is 76.6 Å². The maximum absolute atomic E-state index is 13.3. The van der Waals surface area contributed by atoms with E-state index in [4.69, 9.17) is 4.74 Å². The zero-order valence-corrected chi connectivity index (χ0v) is 22.4. The second-order valence-corrected chi connectivity index (χ2v) is 12.2. The van der Waals surface area contributed by atoms with Gasteiger partial charge in [0.25, 0.3) is 0 Å². The molecule has 4 atom stereocenters. The summed E-state index contributed by atoms with van der Waals surface area (Å²) in [7, 11) is 1.79. The number of hydrogen-bond acceptors (Lipinski definition) is 6. The first-order chi connectivity index (χ1) is 17.5. The molecular formula is C28H32N4O4S. The molecule has 1 aromatic heterocycles. The molecule has 2 fully saturated rings. The zero-order chi connectivity index (χ0) is 26.5. The number of likely N-dealkylation sites (tertiary alicyclic amines) is 1. The third kappa shape index (κ3) is 4.95. The summed E-state index contributed by atoms with van der Waals surface area (Å²) in [6, 6.07) is 8.99. The van der Waals surface area contributed by atoms with Crippen LogP contribution in [0.2, 0.25) is 0 Å². The quantitative estimate of drug-likeness (QED) is 0.634. The zero-order valence-electron chi connectivity index (χ0n) is 21.6. The summed E-state index contributed by atoms with van der Waals surface area (Å²) in [5.74, 6) is -0.103. The van der Waals surface area contributed by atoms with Crippen molar-refractivity contribution in [2.75, 3.05) is 11.9 Å². The van der Waals surface area contributed by atoms with E-state index in [-0.39, 0.29) is 23.8 Å². The molecule has 2 bridgehead atoms. The minimum atomic E-state index is -0.706. The first-order valence-electron chi connectivity index (χ1n) is 12.7. The summed E-state index contributed by atoms with van der Waals surface area (Å²) in [6.07, 6.45) is 2.92. The highest BCUT2D eigenvalue weighted by molar-refractivity contribution is 7.10. The third-order valence-corrected chi connectivity index (χ3v) is 8.44. The number of likely N-dealkylation sites (N-methyl/N-ethyl adjacent to an activating group) is 1. The number of carbonyl (C=O) groups excluding carboxylic acids is 3. The summed E-state index contributed by atoms with van der Waals surface area (Å²) in [6.45, 7) is 5.45. The fourth-order valence-electron chi connectivity index (χ4n) is 5.75. The van der Waals surface area contributed by atoms with Crippen molar-refractivity contribution in [3.63, 3.8) is 0 Å². The Balaban J connectivity index is 1.26. The molecule has 1 saturated heterocycles. The first-order valence-corrected chi connectivity index (χ1v) is 13.6. The van der Waals surface area contributed by atoms with Crippen LogP contribution >= 0.6 is 11.3 Å². The Kier molecular flexibility index (Phi) is 6.48. The van der Waals surface area contributed by atoms with Crippen LogP contribution in [-0.4, -0.2) is 53.6 Å². The lowest BCUT2D eigenvalue weighted by Gasteiger charge is -2.35. The van der Waals surface area contributed by atoms with E-state index in [1.807, 2.05) is 50.4 Å². The van der Waals surface area contributed by atoms with Gasteiger partial charge in [0.2, 0.25) is 11.8 Å². The van der Waals surface area contributed by atoms with Crippen LogP contribution in [0, 0.1) is 17.2 Å². The number of rotatable bonds is 5. The van der Waals surface area contributed by atoms with Crippen LogP contribution in [0.4, 0.5) is 10.5 Å². The Labute approximate surface area is 221 Å². The number of benzene rings is 1. The van der Waals surface area contributed by atoms with Gasteiger partial charge in [-0.2, -0.15) is 5.26 Å². The number of fused-ring (bicyclic) bond motifs is 3. The summed E-state index contributed by atoms with van der Waals surface area (Å²) in [4.78, 5) is 42.5. The van der Waals surface area contributed by atoms with Crippen LogP contribution in [0.25, 0.3) is 11.1 Å². The van der Waals surface area contributed by atoms with Crippen molar-refractivity contribution in [2.24, 2.45) is 5.92 Å². The number of carbonyl (C=O) groups is 3. The topological polar surface area (TPSA) is 103 Å².